The molecule has 2 nitrogen and oxygen atoms in total. The van der Waals surface area contributed by atoms with Gasteiger partial charge in [0.2, 0.25) is 0 Å². The van der Waals surface area contributed by atoms with Gasteiger partial charge < -0.3 is 10.2 Å². The zero-order valence-electron chi connectivity index (χ0n) is 7.59. The Morgan fingerprint density at radius 3 is 2.58 bits per heavy atom. The molecule has 2 rings (SSSR count). The number of halogens is 1. The van der Waals surface area contributed by atoms with Crippen molar-refractivity contribution >= 4 is 0 Å². The van der Waals surface area contributed by atoms with E-state index in [4.69, 9.17) is 0 Å². The van der Waals surface area contributed by atoms with Crippen molar-refractivity contribution in [3.8, 4) is 0 Å². The number of nitrogens with zero attached hydrogens (tertiary/aromatic N) is 1. The summed E-state index contributed by atoms with van der Waals surface area (Å²) in [6.45, 7) is 2.32. The first-order valence-corrected chi connectivity index (χ1v) is 4.82. The first-order chi connectivity index (χ1) is 5.74. The molecule has 2 aliphatic rings. The minimum atomic E-state index is -0.526. The number of nitrogens with one attached hydrogen (secondary N) is 1. The summed E-state index contributed by atoms with van der Waals surface area (Å²) in [6.07, 6.45) is 2.17. The molecule has 1 heterocycles. The molecule has 0 bridgehead atoms. The Kier molecular flexibility index (Phi) is 2.33. The number of alkyl halides is 1. The molecule has 70 valence electrons. The fourth-order valence-electron chi connectivity index (χ4n) is 2.09. The second-order valence-corrected chi connectivity index (χ2v) is 4.18. The van der Waals surface area contributed by atoms with E-state index in [0.29, 0.717) is 12.1 Å². The molecule has 3 heteroatoms. The van der Waals surface area contributed by atoms with Gasteiger partial charge in [0.25, 0.3) is 0 Å². The fourth-order valence-corrected chi connectivity index (χ4v) is 2.09. The Hall–Kier alpha value is -0.150. The highest BCUT2D eigenvalue weighted by molar-refractivity contribution is 4.90. The van der Waals surface area contributed by atoms with Crippen LogP contribution in [0.5, 0.6) is 0 Å². The topological polar surface area (TPSA) is 15.3 Å². The van der Waals surface area contributed by atoms with E-state index < -0.39 is 6.17 Å². The second-order valence-electron chi connectivity index (χ2n) is 4.18. The highest BCUT2D eigenvalue weighted by atomic mass is 19.1. The van der Waals surface area contributed by atoms with E-state index in [-0.39, 0.29) is 0 Å². The first kappa shape index (κ1) is 8.45. The van der Waals surface area contributed by atoms with Crippen LogP contribution in [0.25, 0.3) is 0 Å². The minimum Gasteiger partial charge on any atom is -0.310 e. The standard InChI is InChI=1S/C9H17FN2/c1-12-3-2-8(6-12)11-9-4-7(10)5-9/h7-9,11H,2-6H2,1H3. The van der Waals surface area contributed by atoms with Crippen LogP contribution in [0.4, 0.5) is 4.39 Å². The molecule has 1 saturated heterocycles. The number of likely N-dealkylation sites (tertiary alicyclic amines) is 1. The Morgan fingerprint density at radius 2 is 2.08 bits per heavy atom. The van der Waals surface area contributed by atoms with E-state index in [1.165, 1.54) is 13.0 Å². The third-order valence-corrected chi connectivity index (χ3v) is 2.94. The van der Waals surface area contributed by atoms with Crippen LogP contribution in [-0.2, 0) is 0 Å². The van der Waals surface area contributed by atoms with Crippen molar-refractivity contribution in [1.82, 2.24) is 10.2 Å². The SMILES string of the molecule is CN1CCC(NC2CC(F)C2)C1. The van der Waals surface area contributed by atoms with Gasteiger partial charge in [-0.2, -0.15) is 0 Å². The predicted molar refractivity (Wildman–Crippen MR) is 47.0 cm³/mol. The summed E-state index contributed by atoms with van der Waals surface area (Å²) < 4.78 is 12.5. The van der Waals surface area contributed by atoms with Crippen LogP contribution in [0, 0.1) is 0 Å². The number of hydrogen-bond acceptors (Lipinski definition) is 2. The lowest BCUT2D eigenvalue weighted by Crippen LogP contribution is -2.47. The normalized spacial score (nSPS) is 43.0. The molecule has 1 unspecified atom stereocenters. The van der Waals surface area contributed by atoms with Gasteiger partial charge in [-0.25, -0.2) is 4.39 Å². The summed E-state index contributed by atoms with van der Waals surface area (Å²) in [6, 6.07) is 1.09. The van der Waals surface area contributed by atoms with E-state index >= 15 is 0 Å². The van der Waals surface area contributed by atoms with Gasteiger partial charge in [0, 0.05) is 18.6 Å². The van der Waals surface area contributed by atoms with Gasteiger partial charge in [-0.3, -0.25) is 0 Å². The molecular weight excluding hydrogens is 155 g/mol. The van der Waals surface area contributed by atoms with Crippen molar-refractivity contribution in [1.29, 1.82) is 0 Å². The maximum atomic E-state index is 12.5. The lowest BCUT2D eigenvalue weighted by molar-refractivity contribution is 0.146. The maximum Gasteiger partial charge on any atom is 0.103 e. The number of rotatable bonds is 2. The van der Waals surface area contributed by atoms with Crippen LogP contribution in [0.1, 0.15) is 19.3 Å². The predicted octanol–water partition coefficient (Wildman–Crippen LogP) is 0.781. The molecule has 12 heavy (non-hydrogen) atoms. The van der Waals surface area contributed by atoms with Crippen LogP contribution in [0.15, 0.2) is 0 Å². The zero-order valence-corrected chi connectivity index (χ0v) is 7.59. The summed E-state index contributed by atoms with van der Waals surface area (Å²) in [5.41, 5.74) is 0. The molecule has 1 N–H and O–H groups in total. The maximum absolute atomic E-state index is 12.5. The Labute approximate surface area is 73.1 Å². The molecule has 1 saturated carbocycles. The fraction of sp³-hybridized carbons (Fsp3) is 1.00. The quantitative estimate of drug-likeness (QED) is 0.662. The van der Waals surface area contributed by atoms with Gasteiger partial charge in [-0.05, 0) is 32.9 Å². The Morgan fingerprint density at radius 1 is 1.33 bits per heavy atom. The van der Waals surface area contributed by atoms with Crippen LogP contribution >= 0.6 is 0 Å². The summed E-state index contributed by atoms with van der Waals surface area (Å²) in [5.74, 6) is 0. The van der Waals surface area contributed by atoms with Crippen LogP contribution in [0.2, 0.25) is 0 Å². The molecule has 1 atom stereocenters. The molecule has 0 aromatic carbocycles. The third-order valence-electron chi connectivity index (χ3n) is 2.94. The average Bonchev–Trinajstić information content (AvgIpc) is 2.33. The van der Waals surface area contributed by atoms with Gasteiger partial charge >= 0.3 is 0 Å². The molecule has 0 aromatic rings. The third kappa shape index (κ3) is 1.77. The van der Waals surface area contributed by atoms with E-state index in [1.54, 1.807) is 0 Å². The molecule has 0 radical (unpaired) electrons. The molecule has 0 spiro atoms. The van der Waals surface area contributed by atoms with Crippen LogP contribution < -0.4 is 5.32 Å². The zero-order chi connectivity index (χ0) is 8.55. The number of hydrogen-bond donors (Lipinski definition) is 1. The summed E-state index contributed by atoms with van der Waals surface area (Å²) in [5, 5.41) is 3.49. The summed E-state index contributed by atoms with van der Waals surface area (Å²) in [4.78, 5) is 2.32. The van der Waals surface area contributed by atoms with Crippen molar-refractivity contribution in [3.05, 3.63) is 0 Å². The van der Waals surface area contributed by atoms with E-state index in [9.17, 15) is 4.39 Å². The molecule has 0 amide bonds. The van der Waals surface area contributed by atoms with Gasteiger partial charge in [-0.1, -0.05) is 0 Å². The van der Waals surface area contributed by atoms with Gasteiger partial charge in [-0.15, -0.1) is 0 Å². The van der Waals surface area contributed by atoms with E-state index in [1.807, 2.05) is 0 Å². The smallest absolute Gasteiger partial charge is 0.103 e. The van der Waals surface area contributed by atoms with Crippen molar-refractivity contribution in [2.45, 2.75) is 37.5 Å². The lowest BCUT2D eigenvalue weighted by Gasteiger charge is -2.32. The second kappa shape index (κ2) is 3.30. The van der Waals surface area contributed by atoms with E-state index in [2.05, 4.69) is 17.3 Å². The minimum absolute atomic E-state index is 0.469. The first-order valence-electron chi connectivity index (χ1n) is 4.82. The number of likely N-dealkylation sites (N-methyl/N-ethyl adjacent to an activating group) is 1. The van der Waals surface area contributed by atoms with Gasteiger partial charge in [0.1, 0.15) is 6.17 Å². The Balaban J connectivity index is 1.67. The van der Waals surface area contributed by atoms with Crippen molar-refractivity contribution < 1.29 is 4.39 Å². The average molecular weight is 172 g/mol. The van der Waals surface area contributed by atoms with Crippen molar-refractivity contribution in [3.63, 3.8) is 0 Å². The van der Waals surface area contributed by atoms with E-state index in [0.717, 1.165) is 19.4 Å². The summed E-state index contributed by atoms with van der Waals surface area (Å²) >= 11 is 0. The molecule has 0 aromatic heterocycles. The highest BCUT2D eigenvalue weighted by Crippen LogP contribution is 2.24. The van der Waals surface area contributed by atoms with Gasteiger partial charge in [0.15, 0.2) is 0 Å². The molecule has 2 fully saturated rings. The molecule has 1 aliphatic heterocycles. The largest absolute Gasteiger partial charge is 0.310 e. The molecule has 1 aliphatic carbocycles. The van der Waals surface area contributed by atoms with Gasteiger partial charge in [0.05, 0.1) is 0 Å². The highest BCUT2D eigenvalue weighted by Gasteiger charge is 2.31. The Bertz CT molecular complexity index is 157. The van der Waals surface area contributed by atoms with Crippen molar-refractivity contribution in [2.24, 2.45) is 0 Å². The van der Waals surface area contributed by atoms with Crippen molar-refractivity contribution in [2.75, 3.05) is 20.1 Å². The monoisotopic (exact) mass is 172 g/mol. The lowest BCUT2D eigenvalue weighted by atomic mass is 9.90. The summed E-state index contributed by atoms with van der Waals surface area (Å²) in [7, 11) is 2.14. The van der Waals surface area contributed by atoms with Crippen LogP contribution in [0.3, 0.4) is 0 Å². The molecular formula is C9H17FN2. The van der Waals surface area contributed by atoms with Crippen LogP contribution in [-0.4, -0.2) is 43.3 Å².